The molecule has 1 aromatic rings. The quantitative estimate of drug-likeness (QED) is 0.838. The van der Waals surface area contributed by atoms with Gasteiger partial charge in [-0.25, -0.2) is 4.79 Å². The molecule has 4 heteroatoms. The monoisotopic (exact) mass is 250 g/mol. The molecule has 0 radical (unpaired) electrons. The number of carbonyl (C=O) groups excluding carboxylic acids is 1. The standard InChI is InChI=1S/C14H22N2O2/c1-11-4-6-13(7-5-11)10-15-14(18)16(3)9-8-12(2)17/h4-7,12,17H,8-10H2,1-3H3,(H,15,18). The highest BCUT2D eigenvalue weighted by atomic mass is 16.3. The number of hydrogen-bond donors (Lipinski definition) is 2. The van der Waals surface area contributed by atoms with Gasteiger partial charge in [0.1, 0.15) is 0 Å². The minimum Gasteiger partial charge on any atom is -0.393 e. The Morgan fingerprint density at radius 3 is 2.56 bits per heavy atom. The van der Waals surface area contributed by atoms with Gasteiger partial charge >= 0.3 is 6.03 Å². The predicted molar refractivity (Wildman–Crippen MR) is 72.3 cm³/mol. The van der Waals surface area contributed by atoms with Crippen LogP contribution in [0.5, 0.6) is 0 Å². The summed E-state index contributed by atoms with van der Waals surface area (Å²) >= 11 is 0. The number of nitrogens with one attached hydrogen (secondary N) is 1. The summed E-state index contributed by atoms with van der Waals surface area (Å²) in [6, 6.07) is 7.95. The fourth-order valence-corrected chi connectivity index (χ4v) is 1.50. The van der Waals surface area contributed by atoms with Gasteiger partial charge in [-0.15, -0.1) is 0 Å². The number of aryl methyl sites for hydroxylation is 1. The first-order chi connectivity index (χ1) is 8.49. The van der Waals surface area contributed by atoms with E-state index in [9.17, 15) is 4.79 Å². The number of hydrogen-bond acceptors (Lipinski definition) is 2. The van der Waals surface area contributed by atoms with Gasteiger partial charge in [-0.05, 0) is 25.8 Å². The van der Waals surface area contributed by atoms with Crippen LogP contribution < -0.4 is 5.32 Å². The lowest BCUT2D eigenvalue weighted by molar-refractivity contribution is 0.163. The Kier molecular flexibility index (Phi) is 5.65. The summed E-state index contributed by atoms with van der Waals surface area (Å²) in [5.41, 5.74) is 2.29. The van der Waals surface area contributed by atoms with Crippen molar-refractivity contribution in [3.8, 4) is 0 Å². The number of aliphatic hydroxyl groups is 1. The third-order valence-electron chi connectivity index (χ3n) is 2.79. The molecule has 0 saturated carbocycles. The molecule has 1 aromatic carbocycles. The molecule has 0 fully saturated rings. The minimum atomic E-state index is -0.377. The van der Waals surface area contributed by atoms with Crippen LogP contribution in [0.1, 0.15) is 24.5 Å². The van der Waals surface area contributed by atoms with Crippen molar-refractivity contribution in [2.24, 2.45) is 0 Å². The van der Waals surface area contributed by atoms with E-state index in [1.165, 1.54) is 5.56 Å². The van der Waals surface area contributed by atoms with Crippen molar-refractivity contribution >= 4 is 6.03 Å². The van der Waals surface area contributed by atoms with Gasteiger partial charge in [0.25, 0.3) is 0 Å². The summed E-state index contributed by atoms with van der Waals surface area (Å²) in [5, 5.41) is 12.0. The summed E-state index contributed by atoms with van der Waals surface area (Å²) in [7, 11) is 1.73. The smallest absolute Gasteiger partial charge is 0.317 e. The van der Waals surface area contributed by atoms with Crippen LogP contribution in [0.25, 0.3) is 0 Å². The van der Waals surface area contributed by atoms with Gasteiger partial charge in [0.05, 0.1) is 6.10 Å². The lowest BCUT2D eigenvalue weighted by Gasteiger charge is -2.18. The normalized spacial score (nSPS) is 12.0. The van der Waals surface area contributed by atoms with E-state index in [0.29, 0.717) is 19.5 Å². The number of amides is 2. The molecule has 1 atom stereocenters. The molecule has 18 heavy (non-hydrogen) atoms. The van der Waals surface area contributed by atoms with Gasteiger partial charge in [0.15, 0.2) is 0 Å². The van der Waals surface area contributed by atoms with Crippen LogP contribution in [0.15, 0.2) is 24.3 Å². The van der Waals surface area contributed by atoms with Crippen molar-refractivity contribution in [3.05, 3.63) is 35.4 Å². The van der Waals surface area contributed by atoms with E-state index in [4.69, 9.17) is 5.11 Å². The number of rotatable bonds is 5. The minimum absolute atomic E-state index is 0.115. The number of urea groups is 1. The van der Waals surface area contributed by atoms with E-state index in [2.05, 4.69) is 5.32 Å². The van der Waals surface area contributed by atoms with E-state index >= 15 is 0 Å². The maximum absolute atomic E-state index is 11.7. The number of carbonyl (C=O) groups is 1. The lowest BCUT2D eigenvalue weighted by atomic mass is 10.1. The summed E-state index contributed by atoms with van der Waals surface area (Å²) in [4.78, 5) is 13.3. The molecule has 0 spiro atoms. The Morgan fingerprint density at radius 2 is 2.00 bits per heavy atom. The third-order valence-corrected chi connectivity index (χ3v) is 2.79. The molecule has 0 aromatic heterocycles. The molecule has 0 aliphatic carbocycles. The molecule has 0 aliphatic rings. The zero-order chi connectivity index (χ0) is 13.5. The first kappa shape index (κ1) is 14.5. The maximum Gasteiger partial charge on any atom is 0.317 e. The highest BCUT2D eigenvalue weighted by molar-refractivity contribution is 5.73. The van der Waals surface area contributed by atoms with Gasteiger partial charge < -0.3 is 15.3 Å². The van der Waals surface area contributed by atoms with Crippen LogP contribution >= 0.6 is 0 Å². The molecule has 1 rings (SSSR count). The fourth-order valence-electron chi connectivity index (χ4n) is 1.50. The second-order valence-electron chi connectivity index (χ2n) is 4.70. The Balaban J connectivity index is 2.34. The van der Waals surface area contributed by atoms with Crippen LogP contribution in [0.2, 0.25) is 0 Å². The predicted octanol–water partition coefficient (Wildman–Crippen LogP) is 1.91. The molecule has 0 heterocycles. The van der Waals surface area contributed by atoms with Crippen LogP contribution in [0, 0.1) is 6.92 Å². The van der Waals surface area contributed by atoms with Crippen molar-refractivity contribution < 1.29 is 9.90 Å². The summed E-state index contributed by atoms with van der Waals surface area (Å²) < 4.78 is 0. The average molecular weight is 250 g/mol. The van der Waals surface area contributed by atoms with Crippen molar-refractivity contribution in [2.75, 3.05) is 13.6 Å². The fraction of sp³-hybridized carbons (Fsp3) is 0.500. The van der Waals surface area contributed by atoms with Crippen molar-refractivity contribution in [2.45, 2.75) is 32.9 Å². The number of aliphatic hydroxyl groups excluding tert-OH is 1. The molecule has 100 valence electrons. The second kappa shape index (κ2) is 7.01. The van der Waals surface area contributed by atoms with Crippen molar-refractivity contribution in [1.29, 1.82) is 0 Å². The highest BCUT2D eigenvalue weighted by Gasteiger charge is 2.08. The summed E-state index contributed by atoms with van der Waals surface area (Å²) in [6.07, 6.45) is 0.214. The lowest BCUT2D eigenvalue weighted by Crippen LogP contribution is -2.38. The van der Waals surface area contributed by atoms with Crippen LogP contribution in [-0.2, 0) is 6.54 Å². The molecular formula is C14H22N2O2. The Morgan fingerprint density at radius 1 is 1.39 bits per heavy atom. The summed E-state index contributed by atoms with van der Waals surface area (Å²) in [5.74, 6) is 0. The van der Waals surface area contributed by atoms with Crippen LogP contribution in [0.4, 0.5) is 4.79 Å². The van der Waals surface area contributed by atoms with Gasteiger partial charge in [-0.1, -0.05) is 29.8 Å². The molecule has 0 aliphatic heterocycles. The Bertz CT molecular complexity index is 374. The van der Waals surface area contributed by atoms with E-state index in [-0.39, 0.29) is 12.1 Å². The van der Waals surface area contributed by atoms with E-state index in [1.54, 1.807) is 18.9 Å². The highest BCUT2D eigenvalue weighted by Crippen LogP contribution is 2.03. The van der Waals surface area contributed by atoms with E-state index in [1.807, 2.05) is 31.2 Å². The zero-order valence-electron chi connectivity index (χ0n) is 11.3. The SMILES string of the molecule is Cc1ccc(CNC(=O)N(C)CCC(C)O)cc1. The van der Waals surface area contributed by atoms with Crippen molar-refractivity contribution in [3.63, 3.8) is 0 Å². The van der Waals surface area contributed by atoms with E-state index < -0.39 is 0 Å². The number of nitrogens with zero attached hydrogens (tertiary/aromatic N) is 1. The first-order valence-corrected chi connectivity index (χ1v) is 6.21. The van der Waals surface area contributed by atoms with Crippen LogP contribution in [-0.4, -0.2) is 35.7 Å². The molecule has 0 saturated heterocycles. The van der Waals surface area contributed by atoms with Gasteiger partial charge in [0.2, 0.25) is 0 Å². The average Bonchev–Trinajstić information content (AvgIpc) is 2.34. The second-order valence-corrected chi connectivity index (χ2v) is 4.70. The molecule has 1 unspecified atom stereocenters. The first-order valence-electron chi connectivity index (χ1n) is 6.21. The van der Waals surface area contributed by atoms with Gasteiger partial charge in [-0.2, -0.15) is 0 Å². The third kappa shape index (κ3) is 5.19. The Hall–Kier alpha value is -1.55. The maximum atomic E-state index is 11.7. The molecule has 2 amide bonds. The topological polar surface area (TPSA) is 52.6 Å². The number of benzene rings is 1. The molecule has 2 N–H and O–H groups in total. The summed E-state index contributed by atoms with van der Waals surface area (Å²) in [6.45, 7) is 4.83. The molecular weight excluding hydrogens is 228 g/mol. The largest absolute Gasteiger partial charge is 0.393 e. The zero-order valence-corrected chi connectivity index (χ0v) is 11.3. The molecule has 4 nitrogen and oxygen atoms in total. The van der Waals surface area contributed by atoms with Gasteiger partial charge in [0, 0.05) is 20.1 Å². The molecule has 0 bridgehead atoms. The van der Waals surface area contributed by atoms with Gasteiger partial charge in [-0.3, -0.25) is 0 Å². The Labute approximate surface area is 109 Å². The van der Waals surface area contributed by atoms with Crippen LogP contribution in [0.3, 0.4) is 0 Å². The van der Waals surface area contributed by atoms with Crippen molar-refractivity contribution in [1.82, 2.24) is 10.2 Å². The van der Waals surface area contributed by atoms with E-state index in [0.717, 1.165) is 5.56 Å².